The molecule has 0 saturated carbocycles. The second-order valence-electron chi connectivity index (χ2n) is 5.70. The lowest BCUT2D eigenvalue weighted by Crippen LogP contribution is -2.11. The highest BCUT2D eigenvalue weighted by atomic mass is 15.0. The molecule has 3 aromatic carbocycles. The summed E-state index contributed by atoms with van der Waals surface area (Å²) in [6, 6.07) is 18.7. The topological polar surface area (TPSA) is 50.4 Å². The van der Waals surface area contributed by atoms with Gasteiger partial charge in [0.05, 0.1) is 11.7 Å². The van der Waals surface area contributed by atoms with Crippen LogP contribution in [0.25, 0.3) is 10.8 Å². The fourth-order valence-corrected chi connectivity index (χ4v) is 2.97. The minimum absolute atomic E-state index is 0.0392. The van der Waals surface area contributed by atoms with Crippen molar-refractivity contribution in [3.63, 3.8) is 0 Å². The minimum atomic E-state index is 0.0392. The van der Waals surface area contributed by atoms with Crippen LogP contribution in [0, 0.1) is 6.92 Å². The Hall–Kier alpha value is -2.81. The Balaban J connectivity index is 1.85. The number of aliphatic imine (C=N–C) groups is 1. The Kier molecular flexibility index (Phi) is 2.86. The van der Waals surface area contributed by atoms with Crippen LogP contribution < -0.4 is 11.1 Å². The van der Waals surface area contributed by atoms with E-state index in [4.69, 9.17) is 10.7 Å². The van der Waals surface area contributed by atoms with Crippen LogP contribution in [0.3, 0.4) is 0 Å². The third-order valence-corrected chi connectivity index (χ3v) is 4.21. The van der Waals surface area contributed by atoms with Gasteiger partial charge in [0.1, 0.15) is 0 Å². The number of benzene rings is 3. The summed E-state index contributed by atoms with van der Waals surface area (Å²) in [7, 11) is 0. The predicted molar refractivity (Wildman–Crippen MR) is 94.1 cm³/mol. The van der Waals surface area contributed by atoms with Crippen molar-refractivity contribution in [2.24, 2.45) is 4.99 Å². The molecule has 108 valence electrons. The fraction of sp³-hybridized carbons (Fsp3) is 0.105. The fourth-order valence-electron chi connectivity index (χ4n) is 2.97. The van der Waals surface area contributed by atoms with E-state index in [0.29, 0.717) is 0 Å². The highest BCUT2D eigenvalue weighted by molar-refractivity contribution is 6.05. The number of nitrogen functional groups attached to an aromatic ring is 1. The molecular weight excluding hydrogens is 270 g/mol. The summed E-state index contributed by atoms with van der Waals surface area (Å²) in [6.07, 6.45) is 1.97. The summed E-state index contributed by atoms with van der Waals surface area (Å²) < 4.78 is 0. The largest absolute Gasteiger partial charge is 0.399 e. The number of anilines is 2. The van der Waals surface area contributed by atoms with Crippen LogP contribution in [0.1, 0.15) is 17.2 Å². The highest BCUT2D eigenvalue weighted by Gasteiger charge is 2.16. The first-order valence-corrected chi connectivity index (χ1v) is 7.41. The molecule has 1 aliphatic rings. The maximum absolute atomic E-state index is 5.93. The third kappa shape index (κ3) is 2.02. The van der Waals surface area contributed by atoms with Crippen LogP contribution in [0.4, 0.5) is 17.1 Å². The van der Waals surface area contributed by atoms with Crippen LogP contribution in [0.5, 0.6) is 0 Å². The molecule has 3 N–H and O–H groups in total. The van der Waals surface area contributed by atoms with Crippen molar-refractivity contribution in [3.8, 4) is 0 Å². The monoisotopic (exact) mass is 287 g/mol. The molecule has 22 heavy (non-hydrogen) atoms. The summed E-state index contributed by atoms with van der Waals surface area (Å²) in [5, 5.41) is 5.98. The molecule has 0 aliphatic carbocycles. The van der Waals surface area contributed by atoms with Gasteiger partial charge in [0, 0.05) is 23.0 Å². The molecule has 0 radical (unpaired) electrons. The Morgan fingerprint density at radius 1 is 1.05 bits per heavy atom. The molecule has 0 amide bonds. The van der Waals surface area contributed by atoms with E-state index in [0.717, 1.165) is 22.6 Å². The first-order valence-electron chi connectivity index (χ1n) is 7.41. The van der Waals surface area contributed by atoms with Gasteiger partial charge in [-0.2, -0.15) is 0 Å². The third-order valence-electron chi connectivity index (χ3n) is 4.21. The van der Waals surface area contributed by atoms with E-state index in [1.165, 1.54) is 16.3 Å². The van der Waals surface area contributed by atoms with Crippen molar-refractivity contribution >= 4 is 34.0 Å². The number of hydrogen-bond acceptors (Lipinski definition) is 3. The van der Waals surface area contributed by atoms with Crippen molar-refractivity contribution in [1.29, 1.82) is 0 Å². The average molecular weight is 287 g/mol. The summed E-state index contributed by atoms with van der Waals surface area (Å²) in [6.45, 7) is 2.03. The number of aryl methyl sites for hydroxylation is 1. The summed E-state index contributed by atoms with van der Waals surface area (Å²) in [5.74, 6) is 0. The maximum atomic E-state index is 5.93. The molecule has 0 fully saturated rings. The SMILES string of the molecule is Cc1cc(C2C=Nc3cccc4cccc(c34)N2)ccc1N. The lowest BCUT2D eigenvalue weighted by Gasteiger charge is -2.17. The number of rotatable bonds is 1. The smallest absolute Gasteiger partial charge is 0.0870 e. The lowest BCUT2D eigenvalue weighted by atomic mass is 10.0. The minimum Gasteiger partial charge on any atom is -0.399 e. The van der Waals surface area contributed by atoms with Gasteiger partial charge in [0.15, 0.2) is 0 Å². The van der Waals surface area contributed by atoms with Gasteiger partial charge in [-0.25, -0.2) is 0 Å². The van der Waals surface area contributed by atoms with E-state index in [1.54, 1.807) is 0 Å². The lowest BCUT2D eigenvalue weighted by molar-refractivity contribution is 1.06. The molecule has 0 bridgehead atoms. The zero-order valence-electron chi connectivity index (χ0n) is 12.4. The van der Waals surface area contributed by atoms with E-state index >= 15 is 0 Å². The molecular formula is C19H17N3. The van der Waals surface area contributed by atoms with Gasteiger partial charge in [0.25, 0.3) is 0 Å². The standard InChI is InChI=1S/C19H17N3/c1-12-10-14(8-9-15(12)20)18-11-21-16-6-2-4-13-5-3-7-17(22-18)19(13)16/h2-11,18,22H,20H2,1H3. The molecule has 4 rings (SSSR count). The Morgan fingerprint density at radius 2 is 1.86 bits per heavy atom. The van der Waals surface area contributed by atoms with Gasteiger partial charge in [-0.05, 0) is 41.6 Å². The molecule has 0 spiro atoms. The van der Waals surface area contributed by atoms with Gasteiger partial charge >= 0.3 is 0 Å². The molecule has 3 heteroatoms. The van der Waals surface area contributed by atoms with Crippen LogP contribution in [0.2, 0.25) is 0 Å². The molecule has 3 aromatic rings. The molecule has 1 heterocycles. The van der Waals surface area contributed by atoms with Gasteiger partial charge in [-0.3, -0.25) is 4.99 Å². The van der Waals surface area contributed by atoms with Gasteiger partial charge in [-0.1, -0.05) is 36.4 Å². The molecule has 0 aromatic heterocycles. The van der Waals surface area contributed by atoms with Crippen LogP contribution in [0.15, 0.2) is 59.6 Å². The first kappa shape index (κ1) is 12.9. The van der Waals surface area contributed by atoms with Crippen molar-refractivity contribution in [3.05, 3.63) is 65.7 Å². The number of nitrogens with two attached hydrogens (primary N) is 1. The van der Waals surface area contributed by atoms with Crippen LogP contribution in [-0.2, 0) is 0 Å². The Bertz CT molecular complexity index is 891. The van der Waals surface area contributed by atoms with E-state index in [9.17, 15) is 0 Å². The zero-order chi connectivity index (χ0) is 15.1. The van der Waals surface area contributed by atoms with Crippen LogP contribution in [-0.4, -0.2) is 6.21 Å². The molecule has 1 unspecified atom stereocenters. The molecule has 1 aliphatic heterocycles. The average Bonchev–Trinajstić information content (AvgIpc) is 2.72. The Labute approximate surface area is 129 Å². The Morgan fingerprint density at radius 3 is 2.68 bits per heavy atom. The van der Waals surface area contributed by atoms with E-state index in [2.05, 4.69) is 47.8 Å². The second-order valence-corrected chi connectivity index (χ2v) is 5.70. The maximum Gasteiger partial charge on any atom is 0.0870 e. The van der Waals surface area contributed by atoms with Crippen LogP contribution >= 0.6 is 0 Å². The molecule has 0 saturated heterocycles. The van der Waals surface area contributed by atoms with E-state index in [-0.39, 0.29) is 6.04 Å². The summed E-state index contributed by atoms with van der Waals surface area (Å²) in [4.78, 5) is 4.70. The highest BCUT2D eigenvalue weighted by Crippen LogP contribution is 2.36. The van der Waals surface area contributed by atoms with Crippen molar-refractivity contribution in [2.75, 3.05) is 11.1 Å². The van der Waals surface area contributed by atoms with E-state index in [1.807, 2.05) is 25.3 Å². The molecule has 3 nitrogen and oxygen atoms in total. The quantitative estimate of drug-likeness (QED) is 0.643. The summed E-state index contributed by atoms with van der Waals surface area (Å²) in [5.41, 5.74) is 11.1. The molecule has 1 atom stereocenters. The predicted octanol–water partition coefficient (Wildman–Crippen LogP) is 4.60. The second kappa shape index (κ2) is 4.88. The van der Waals surface area contributed by atoms with Crippen molar-refractivity contribution < 1.29 is 0 Å². The van der Waals surface area contributed by atoms with Gasteiger partial charge < -0.3 is 11.1 Å². The first-order chi connectivity index (χ1) is 10.7. The van der Waals surface area contributed by atoms with Gasteiger partial charge in [-0.15, -0.1) is 0 Å². The number of nitrogens with one attached hydrogen (secondary N) is 1. The summed E-state index contributed by atoms with van der Waals surface area (Å²) >= 11 is 0. The normalized spacial score (nSPS) is 16.3. The number of hydrogen-bond donors (Lipinski definition) is 2. The van der Waals surface area contributed by atoms with Crippen molar-refractivity contribution in [1.82, 2.24) is 0 Å². The van der Waals surface area contributed by atoms with E-state index < -0.39 is 0 Å². The van der Waals surface area contributed by atoms with Crippen molar-refractivity contribution in [2.45, 2.75) is 13.0 Å². The van der Waals surface area contributed by atoms with Gasteiger partial charge in [0.2, 0.25) is 0 Å². The number of nitrogens with zero attached hydrogens (tertiary/aromatic N) is 1. The zero-order valence-corrected chi connectivity index (χ0v) is 12.4.